The van der Waals surface area contributed by atoms with Crippen LogP contribution in [0.2, 0.25) is 0 Å². The van der Waals surface area contributed by atoms with Gasteiger partial charge >= 0.3 is 0 Å². The number of aliphatic hydroxyl groups is 3. The molecule has 0 saturated carbocycles. The van der Waals surface area contributed by atoms with E-state index in [4.69, 9.17) is 14.6 Å². The molecular formula is C19H36O5. The Bertz CT molecular complexity index is 321. The van der Waals surface area contributed by atoms with Crippen molar-refractivity contribution in [3.05, 3.63) is 12.2 Å². The Morgan fingerprint density at radius 1 is 1.00 bits per heavy atom. The molecule has 5 heteroatoms. The molecule has 1 rings (SSSR count). The highest BCUT2D eigenvalue weighted by atomic mass is 16.6. The van der Waals surface area contributed by atoms with Crippen LogP contribution >= 0.6 is 0 Å². The minimum Gasteiger partial charge on any atom is -0.394 e. The van der Waals surface area contributed by atoms with Crippen molar-refractivity contribution >= 4 is 0 Å². The van der Waals surface area contributed by atoms with E-state index in [-0.39, 0.29) is 13.2 Å². The highest BCUT2D eigenvalue weighted by Gasteiger charge is 2.38. The molecule has 1 heterocycles. The number of ether oxygens (including phenoxy) is 2. The maximum absolute atomic E-state index is 10.0. The number of unbranched alkanes of at least 4 members (excludes halogenated alkanes) is 7. The van der Waals surface area contributed by atoms with Crippen molar-refractivity contribution < 1.29 is 24.8 Å². The molecule has 0 aliphatic carbocycles. The molecule has 0 radical (unpaired) electrons. The van der Waals surface area contributed by atoms with Gasteiger partial charge in [-0.1, -0.05) is 51.2 Å². The summed E-state index contributed by atoms with van der Waals surface area (Å²) in [5, 5.41) is 28.9. The van der Waals surface area contributed by atoms with Crippen molar-refractivity contribution in [1.29, 1.82) is 0 Å². The molecule has 1 saturated heterocycles. The minimum absolute atomic E-state index is 0.0976. The molecule has 0 unspecified atom stereocenters. The molecule has 0 amide bonds. The Labute approximate surface area is 146 Å². The fourth-order valence-electron chi connectivity index (χ4n) is 2.98. The van der Waals surface area contributed by atoms with Crippen LogP contribution in [0.1, 0.15) is 64.7 Å². The molecule has 0 spiro atoms. The first-order valence-corrected chi connectivity index (χ1v) is 9.55. The summed E-state index contributed by atoms with van der Waals surface area (Å²) >= 11 is 0. The van der Waals surface area contributed by atoms with Crippen LogP contribution in [-0.2, 0) is 9.47 Å². The molecule has 5 nitrogen and oxygen atoms in total. The molecular weight excluding hydrogens is 308 g/mol. The summed E-state index contributed by atoms with van der Waals surface area (Å²) < 4.78 is 10.8. The molecule has 1 aliphatic rings. The van der Waals surface area contributed by atoms with E-state index < -0.39 is 24.4 Å². The maximum Gasteiger partial charge on any atom is 0.114 e. The van der Waals surface area contributed by atoms with E-state index in [2.05, 4.69) is 19.1 Å². The molecule has 0 bridgehead atoms. The van der Waals surface area contributed by atoms with E-state index in [1.54, 1.807) is 0 Å². The summed E-state index contributed by atoms with van der Waals surface area (Å²) in [4.78, 5) is 0. The van der Waals surface area contributed by atoms with Crippen LogP contribution in [0.5, 0.6) is 0 Å². The lowest BCUT2D eigenvalue weighted by Gasteiger charge is -2.37. The Morgan fingerprint density at radius 3 is 2.33 bits per heavy atom. The van der Waals surface area contributed by atoms with Gasteiger partial charge in [0.15, 0.2) is 0 Å². The minimum atomic E-state index is -0.972. The summed E-state index contributed by atoms with van der Waals surface area (Å²) in [5.74, 6) is 0. The van der Waals surface area contributed by atoms with Gasteiger partial charge in [0.1, 0.15) is 24.4 Å². The summed E-state index contributed by atoms with van der Waals surface area (Å²) in [6.07, 6.45) is 12.1. The molecule has 142 valence electrons. The van der Waals surface area contributed by atoms with E-state index in [9.17, 15) is 10.2 Å². The predicted octanol–water partition coefficient (Wildman–Crippen LogP) is 2.57. The van der Waals surface area contributed by atoms with Crippen molar-refractivity contribution in [2.75, 3.05) is 19.8 Å². The molecule has 1 aliphatic heterocycles. The third-order valence-corrected chi connectivity index (χ3v) is 4.49. The molecule has 1 fully saturated rings. The number of rotatable bonds is 13. The summed E-state index contributed by atoms with van der Waals surface area (Å²) in [7, 11) is 0. The van der Waals surface area contributed by atoms with Gasteiger partial charge in [0.05, 0.1) is 13.2 Å². The summed E-state index contributed by atoms with van der Waals surface area (Å²) in [6.45, 7) is 2.52. The molecule has 24 heavy (non-hydrogen) atoms. The van der Waals surface area contributed by atoms with Gasteiger partial charge in [-0.15, -0.1) is 0 Å². The summed E-state index contributed by atoms with van der Waals surface area (Å²) in [5.41, 5.74) is 0. The summed E-state index contributed by atoms with van der Waals surface area (Å²) in [6, 6.07) is 0. The lowest BCUT2D eigenvalue weighted by atomic mass is 10.0. The van der Waals surface area contributed by atoms with Gasteiger partial charge in [-0.25, -0.2) is 0 Å². The lowest BCUT2D eigenvalue weighted by molar-refractivity contribution is -0.210. The Balaban J connectivity index is 1.97. The Morgan fingerprint density at radius 2 is 1.67 bits per heavy atom. The first-order chi connectivity index (χ1) is 11.7. The van der Waals surface area contributed by atoms with Gasteiger partial charge < -0.3 is 24.8 Å². The predicted molar refractivity (Wildman–Crippen MR) is 94.9 cm³/mol. The van der Waals surface area contributed by atoms with Crippen molar-refractivity contribution in [3.63, 3.8) is 0 Å². The van der Waals surface area contributed by atoms with Gasteiger partial charge in [-0.2, -0.15) is 0 Å². The van der Waals surface area contributed by atoms with E-state index in [0.29, 0.717) is 6.61 Å². The smallest absolute Gasteiger partial charge is 0.114 e. The second-order valence-corrected chi connectivity index (χ2v) is 6.59. The standard InChI is InChI=1S/C19H36O5/c1-2-3-4-5-6-7-8-9-10-11-12-13-23-19-16(21)15-24-17(14-20)18(19)22/h3-4,16-22H,2,5-15H2,1H3/b4-3+/t16-,17+,18+,19+/m0/s1. The lowest BCUT2D eigenvalue weighted by Crippen LogP contribution is -2.55. The molecule has 4 atom stereocenters. The van der Waals surface area contributed by atoms with Crippen LogP contribution in [0, 0.1) is 0 Å². The van der Waals surface area contributed by atoms with Crippen LogP contribution in [0.4, 0.5) is 0 Å². The van der Waals surface area contributed by atoms with Gasteiger partial charge in [-0.3, -0.25) is 0 Å². The third kappa shape index (κ3) is 8.58. The van der Waals surface area contributed by atoms with E-state index >= 15 is 0 Å². The highest BCUT2D eigenvalue weighted by molar-refractivity contribution is 4.87. The van der Waals surface area contributed by atoms with E-state index in [1.165, 1.54) is 38.5 Å². The zero-order valence-corrected chi connectivity index (χ0v) is 15.1. The van der Waals surface area contributed by atoms with Crippen LogP contribution < -0.4 is 0 Å². The zero-order valence-electron chi connectivity index (χ0n) is 15.1. The fraction of sp³-hybridized carbons (Fsp3) is 0.895. The quantitative estimate of drug-likeness (QED) is 0.353. The number of hydrogen-bond acceptors (Lipinski definition) is 5. The highest BCUT2D eigenvalue weighted by Crippen LogP contribution is 2.19. The zero-order chi connectivity index (χ0) is 17.6. The van der Waals surface area contributed by atoms with Gasteiger partial charge in [0.2, 0.25) is 0 Å². The van der Waals surface area contributed by atoms with Crippen molar-refractivity contribution in [2.24, 2.45) is 0 Å². The van der Waals surface area contributed by atoms with Crippen molar-refractivity contribution in [3.8, 4) is 0 Å². The van der Waals surface area contributed by atoms with E-state index in [0.717, 1.165) is 19.3 Å². The van der Waals surface area contributed by atoms with Crippen LogP contribution in [0.15, 0.2) is 12.2 Å². The van der Waals surface area contributed by atoms with Gasteiger partial charge in [0, 0.05) is 6.61 Å². The topological polar surface area (TPSA) is 79.2 Å². The normalized spacial score (nSPS) is 27.8. The second kappa shape index (κ2) is 13.8. The molecule has 3 N–H and O–H groups in total. The Kier molecular flexibility index (Phi) is 12.4. The number of allylic oxidation sites excluding steroid dienone is 2. The monoisotopic (exact) mass is 344 g/mol. The van der Waals surface area contributed by atoms with E-state index in [1.807, 2.05) is 0 Å². The number of aliphatic hydroxyl groups excluding tert-OH is 3. The SMILES string of the molecule is CC/C=C/CCCCCCCCCO[C@H]1[C@H](O)[C@@H](CO)OC[C@@H]1O. The van der Waals surface area contributed by atoms with Crippen molar-refractivity contribution in [2.45, 2.75) is 89.1 Å². The molecule has 0 aromatic rings. The van der Waals surface area contributed by atoms with Crippen molar-refractivity contribution in [1.82, 2.24) is 0 Å². The first-order valence-electron chi connectivity index (χ1n) is 9.55. The average Bonchev–Trinajstić information content (AvgIpc) is 2.58. The Hall–Kier alpha value is -0.460. The average molecular weight is 344 g/mol. The van der Waals surface area contributed by atoms with Gasteiger partial charge in [-0.05, 0) is 25.7 Å². The number of hydrogen-bond donors (Lipinski definition) is 3. The molecule has 0 aromatic heterocycles. The fourth-order valence-corrected chi connectivity index (χ4v) is 2.98. The largest absolute Gasteiger partial charge is 0.394 e. The van der Waals surface area contributed by atoms with Gasteiger partial charge in [0.25, 0.3) is 0 Å². The first kappa shape index (κ1) is 21.6. The third-order valence-electron chi connectivity index (χ3n) is 4.49. The van der Waals surface area contributed by atoms with Crippen LogP contribution in [0.25, 0.3) is 0 Å². The molecule has 0 aromatic carbocycles. The maximum atomic E-state index is 10.0. The van der Waals surface area contributed by atoms with Crippen LogP contribution in [-0.4, -0.2) is 59.6 Å². The van der Waals surface area contributed by atoms with Crippen LogP contribution in [0.3, 0.4) is 0 Å². The second-order valence-electron chi connectivity index (χ2n) is 6.59.